The summed E-state index contributed by atoms with van der Waals surface area (Å²) in [5.41, 5.74) is 0.962. The van der Waals surface area contributed by atoms with Crippen LogP contribution < -0.4 is 0 Å². The summed E-state index contributed by atoms with van der Waals surface area (Å²) < 4.78 is 4.81. The first kappa shape index (κ1) is 12.5. The monoisotopic (exact) mass is 227 g/mol. The van der Waals surface area contributed by atoms with Gasteiger partial charge in [0.2, 0.25) is 0 Å². The first-order valence-corrected chi connectivity index (χ1v) is 5.40. The van der Waals surface area contributed by atoms with Crippen molar-refractivity contribution in [3.8, 4) is 0 Å². The number of carboxylic acid groups (broad SMARTS) is 1. The Bertz CT molecular complexity index is 311. The van der Waals surface area contributed by atoms with Crippen LogP contribution in [0.3, 0.4) is 0 Å². The zero-order chi connectivity index (χ0) is 12.1. The average molecular weight is 227 g/mol. The molecule has 0 bridgehead atoms. The highest BCUT2D eigenvalue weighted by atomic mass is 16.5. The number of carbonyl (C=O) groups excluding carboxylic acids is 1. The van der Waals surface area contributed by atoms with Gasteiger partial charge in [-0.15, -0.1) is 0 Å². The van der Waals surface area contributed by atoms with Crippen molar-refractivity contribution in [2.45, 2.75) is 32.7 Å². The van der Waals surface area contributed by atoms with Crippen molar-refractivity contribution in [1.29, 1.82) is 0 Å². The van der Waals surface area contributed by atoms with Crippen molar-refractivity contribution < 1.29 is 19.4 Å². The van der Waals surface area contributed by atoms with Crippen LogP contribution in [0.2, 0.25) is 0 Å². The fraction of sp³-hybridized carbons (Fsp3) is 0.636. The molecule has 0 aromatic rings. The molecule has 1 fully saturated rings. The van der Waals surface area contributed by atoms with Gasteiger partial charge in [0.05, 0.1) is 6.61 Å². The smallest absolute Gasteiger partial charge is 0.407 e. The average Bonchev–Trinajstić information content (AvgIpc) is 2.17. The van der Waals surface area contributed by atoms with Crippen LogP contribution in [-0.2, 0) is 9.53 Å². The number of amides is 1. The topological polar surface area (TPSA) is 66.8 Å². The second-order valence-electron chi connectivity index (χ2n) is 3.83. The molecule has 0 radical (unpaired) electrons. The molecule has 1 unspecified atom stereocenters. The van der Waals surface area contributed by atoms with Gasteiger partial charge < -0.3 is 14.7 Å². The van der Waals surface area contributed by atoms with Crippen LogP contribution in [0.25, 0.3) is 0 Å². The lowest BCUT2D eigenvalue weighted by molar-refractivity contribution is -0.137. The van der Waals surface area contributed by atoms with Gasteiger partial charge in [-0.05, 0) is 26.7 Å². The van der Waals surface area contributed by atoms with E-state index < -0.39 is 6.09 Å². The molecular weight excluding hydrogens is 210 g/mol. The number of likely N-dealkylation sites (tertiary alicyclic amines) is 1. The Morgan fingerprint density at radius 2 is 2.31 bits per heavy atom. The highest BCUT2D eigenvalue weighted by molar-refractivity contribution is 5.82. The molecule has 0 spiro atoms. The molecule has 0 aliphatic carbocycles. The number of hydrogen-bond donors (Lipinski definition) is 1. The van der Waals surface area contributed by atoms with Gasteiger partial charge in [0, 0.05) is 18.7 Å². The van der Waals surface area contributed by atoms with E-state index in [0.717, 1.165) is 5.57 Å². The third-order valence-electron chi connectivity index (χ3n) is 2.62. The van der Waals surface area contributed by atoms with Crippen molar-refractivity contribution in [1.82, 2.24) is 4.90 Å². The highest BCUT2D eigenvalue weighted by Gasteiger charge is 2.25. The molecule has 90 valence electrons. The maximum atomic E-state index is 11.2. The van der Waals surface area contributed by atoms with Crippen LogP contribution in [0.15, 0.2) is 11.6 Å². The second-order valence-corrected chi connectivity index (χ2v) is 3.83. The summed E-state index contributed by atoms with van der Waals surface area (Å²) in [6.07, 6.45) is 1.79. The van der Waals surface area contributed by atoms with E-state index in [0.29, 0.717) is 26.0 Å². The Hall–Kier alpha value is -1.52. The maximum Gasteiger partial charge on any atom is 0.407 e. The largest absolute Gasteiger partial charge is 0.465 e. The van der Waals surface area contributed by atoms with Crippen LogP contribution in [0, 0.1) is 0 Å². The lowest BCUT2D eigenvalue weighted by atomic mass is 9.98. The number of nitrogens with zero attached hydrogens (tertiary/aromatic N) is 1. The number of rotatable bonds is 2. The van der Waals surface area contributed by atoms with E-state index in [-0.39, 0.29) is 12.0 Å². The van der Waals surface area contributed by atoms with Gasteiger partial charge in [0.25, 0.3) is 0 Å². The van der Waals surface area contributed by atoms with E-state index in [1.54, 1.807) is 6.92 Å². The molecule has 1 rings (SSSR count). The third-order valence-corrected chi connectivity index (χ3v) is 2.62. The van der Waals surface area contributed by atoms with Gasteiger partial charge >= 0.3 is 12.1 Å². The molecule has 1 aliphatic heterocycles. The van der Waals surface area contributed by atoms with E-state index in [4.69, 9.17) is 9.84 Å². The van der Waals surface area contributed by atoms with E-state index in [1.165, 1.54) is 11.0 Å². The molecular formula is C11H17NO4. The van der Waals surface area contributed by atoms with E-state index in [9.17, 15) is 9.59 Å². The molecule has 5 nitrogen and oxygen atoms in total. The highest BCUT2D eigenvalue weighted by Crippen LogP contribution is 2.21. The standard InChI is InChI=1S/C11H17NO4/c1-3-16-10(13)7-9-4-5-12(11(14)15)8(2)6-9/h7-8H,3-6H2,1-2H3,(H,14,15)/b9-7+. The Balaban J connectivity index is 2.57. The molecule has 1 heterocycles. The molecule has 1 atom stereocenters. The summed E-state index contributed by atoms with van der Waals surface area (Å²) in [5, 5.41) is 8.88. The molecule has 1 saturated heterocycles. The van der Waals surface area contributed by atoms with Crippen molar-refractivity contribution in [2.24, 2.45) is 0 Å². The molecule has 1 aliphatic rings. The maximum absolute atomic E-state index is 11.2. The Morgan fingerprint density at radius 3 is 2.81 bits per heavy atom. The van der Waals surface area contributed by atoms with Crippen molar-refractivity contribution in [3.63, 3.8) is 0 Å². The lowest BCUT2D eigenvalue weighted by Gasteiger charge is -2.32. The zero-order valence-electron chi connectivity index (χ0n) is 9.60. The van der Waals surface area contributed by atoms with E-state index in [2.05, 4.69) is 0 Å². The lowest BCUT2D eigenvalue weighted by Crippen LogP contribution is -2.41. The Labute approximate surface area is 94.7 Å². The molecule has 1 N–H and O–H groups in total. The number of piperidine rings is 1. The van der Waals surface area contributed by atoms with Crippen molar-refractivity contribution in [2.75, 3.05) is 13.2 Å². The van der Waals surface area contributed by atoms with Crippen LogP contribution >= 0.6 is 0 Å². The van der Waals surface area contributed by atoms with Crippen LogP contribution in [0.4, 0.5) is 4.79 Å². The number of ether oxygens (including phenoxy) is 1. The third kappa shape index (κ3) is 3.25. The summed E-state index contributed by atoms with van der Waals surface area (Å²) in [5.74, 6) is -0.339. The molecule has 1 amide bonds. The van der Waals surface area contributed by atoms with Crippen LogP contribution in [0.1, 0.15) is 26.7 Å². The quantitative estimate of drug-likeness (QED) is 0.575. The first-order valence-electron chi connectivity index (χ1n) is 5.40. The van der Waals surface area contributed by atoms with E-state index >= 15 is 0 Å². The summed E-state index contributed by atoms with van der Waals surface area (Å²) in [6.45, 7) is 4.40. The second kappa shape index (κ2) is 5.53. The minimum Gasteiger partial charge on any atom is -0.465 e. The molecule has 0 aromatic carbocycles. The predicted octanol–water partition coefficient (Wildman–Crippen LogP) is 1.64. The van der Waals surface area contributed by atoms with Gasteiger partial charge in [0.1, 0.15) is 0 Å². The summed E-state index contributed by atoms with van der Waals surface area (Å²) >= 11 is 0. The summed E-state index contributed by atoms with van der Waals surface area (Å²) in [4.78, 5) is 23.4. The fourth-order valence-corrected chi connectivity index (χ4v) is 1.84. The van der Waals surface area contributed by atoms with Crippen LogP contribution in [0.5, 0.6) is 0 Å². The summed E-state index contributed by atoms with van der Waals surface area (Å²) in [6, 6.07) is -0.0769. The van der Waals surface area contributed by atoms with Gasteiger partial charge in [-0.25, -0.2) is 9.59 Å². The van der Waals surface area contributed by atoms with Crippen LogP contribution in [-0.4, -0.2) is 41.3 Å². The van der Waals surface area contributed by atoms with Gasteiger partial charge in [-0.2, -0.15) is 0 Å². The van der Waals surface area contributed by atoms with Gasteiger partial charge in [0.15, 0.2) is 0 Å². The number of carbonyl (C=O) groups is 2. The molecule has 0 saturated carbocycles. The number of hydrogen-bond acceptors (Lipinski definition) is 3. The molecule has 5 heteroatoms. The van der Waals surface area contributed by atoms with Gasteiger partial charge in [-0.3, -0.25) is 0 Å². The number of esters is 1. The van der Waals surface area contributed by atoms with E-state index in [1.807, 2.05) is 6.92 Å². The van der Waals surface area contributed by atoms with Crippen molar-refractivity contribution in [3.05, 3.63) is 11.6 Å². The van der Waals surface area contributed by atoms with Gasteiger partial charge in [-0.1, -0.05) is 5.57 Å². The normalized spacial score (nSPS) is 23.2. The summed E-state index contributed by atoms with van der Waals surface area (Å²) in [7, 11) is 0. The Morgan fingerprint density at radius 1 is 1.62 bits per heavy atom. The minimum absolute atomic E-state index is 0.0769. The molecule has 0 aromatic heterocycles. The first-order chi connectivity index (χ1) is 7.54. The zero-order valence-corrected chi connectivity index (χ0v) is 9.60. The van der Waals surface area contributed by atoms with Crippen molar-refractivity contribution >= 4 is 12.1 Å². The Kier molecular flexibility index (Phi) is 4.34. The fourth-order valence-electron chi connectivity index (χ4n) is 1.84. The SMILES string of the molecule is CCOC(=O)/C=C1\CCN(C(=O)O)C(C)C1. The predicted molar refractivity (Wildman–Crippen MR) is 58.1 cm³/mol. The molecule has 16 heavy (non-hydrogen) atoms. The minimum atomic E-state index is -0.900.